The predicted octanol–water partition coefficient (Wildman–Crippen LogP) is 1.19. The molecule has 4 heteroatoms. The van der Waals surface area contributed by atoms with Crippen LogP contribution in [0.4, 0.5) is 0 Å². The van der Waals surface area contributed by atoms with E-state index >= 15 is 0 Å². The SMILES string of the molecule is C=S(=O)=O.CC(=O)c1ccccc1. The molecule has 0 heterocycles. The summed E-state index contributed by atoms with van der Waals surface area (Å²) in [4.78, 5) is 10.6. The van der Waals surface area contributed by atoms with Gasteiger partial charge in [-0.3, -0.25) is 4.79 Å². The van der Waals surface area contributed by atoms with Crippen LogP contribution in [0.15, 0.2) is 30.3 Å². The summed E-state index contributed by atoms with van der Waals surface area (Å²) < 4.78 is 17.8. The summed E-state index contributed by atoms with van der Waals surface area (Å²) >= 11 is 0. The van der Waals surface area contributed by atoms with Crippen LogP contribution in [-0.2, 0) is 10.3 Å². The first-order chi connectivity index (χ1) is 6.04. The van der Waals surface area contributed by atoms with Gasteiger partial charge in [0.25, 0.3) is 0 Å². The molecular formula is C9H10O3S. The Hall–Kier alpha value is -1.42. The number of Topliss-reactive ketones (excluding diaryl/α,β-unsaturated/α-hetero) is 1. The number of carbonyl (C=O) groups is 1. The molecule has 0 spiro atoms. The molecule has 0 fully saturated rings. The van der Waals surface area contributed by atoms with Gasteiger partial charge in [0.15, 0.2) is 5.78 Å². The van der Waals surface area contributed by atoms with Crippen LogP contribution in [0.25, 0.3) is 0 Å². The third kappa shape index (κ3) is 6.96. The molecule has 0 aliphatic carbocycles. The zero-order chi connectivity index (χ0) is 10.3. The van der Waals surface area contributed by atoms with Gasteiger partial charge in [-0.05, 0) is 6.92 Å². The monoisotopic (exact) mass is 198 g/mol. The van der Waals surface area contributed by atoms with Crippen molar-refractivity contribution in [1.29, 1.82) is 0 Å². The van der Waals surface area contributed by atoms with Crippen molar-refractivity contribution in [3.63, 3.8) is 0 Å². The van der Waals surface area contributed by atoms with Gasteiger partial charge in [-0.2, -0.15) is 8.42 Å². The van der Waals surface area contributed by atoms with Crippen LogP contribution in [-0.4, -0.2) is 20.1 Å². The maximum atomic E-state index is 10.6. The number of hydrogen-bond donors (Lipinski definition) is 0. The molecule has 1 rings (SSSR count). The minimum atomic E-state index is -2.11. The lowest BCUT2D eigenvalue weighted by molar-refractivity contribution is 0.101. The smallest absolute Gasteiger partial charge is 0.206 e. The molecule has 0 amide bonds. The summed E-state index contributed by atoms with van der Waals surface area (Å²) in [7, 11) is -2.11. The van der Waals surface area contributed by atoms with Crippen LogP contribution in [0, 0.1) is 0 Å². The number of carbonyl (C=O) groups excluding carboxylic acids is 1. The minimum absolute atomic E-state index is 0.121. The van der Waals surface area contributed by atoms with Gasteiger partial charge in [-0.1, -0.05) is 30.3 Å². The van der Waals surface area contributed by atoms with Gasteiger partial charge in [0.1, 0.15) is 0 Å². The molecule has 0 bridgehead atoms. The lowest BCUT2D eigenvalue weighted by Gasteiger charge is -1.89. The van der Waals surface area contributed by atoms with E-state index in [4.69, 9.17) is 8.42 Å². The molecule has 0 saturated carbocycles. The van der Waals surface area contributed by atoms with Crippen molar-refractivity contribution in [2.24, 2.45) is 0 Å². The van der Waals surface area contributed by atoms with Gasteiger partial charge in [0.05, 0.1) is 0 Å². The van der Waals surface area contributed by atoms with E-state index in [9.17, 15) is 4.79 Å². The topological polar surface area (TPSA) is 51.2 Å². The summed E-state index contributed by atoms with van der Waals surface area (Å²) in [6, 6.07) is 9.23. The molecule has 0 aliphatic heterocycles. The molecule has 0 radical (unpaired) electrons. The van der Waals surface area contributed by atoms with E-state index in [1.54, 1.807) is 6.92 Å². The Morgan fingerprint density at radius 3 is 1.85 bits per heavy atom. The second-order valence-electron chi connectivity index (χ2n) is 2.23. The lowest BCUT2D eigenvalue weighted by atomic mass is 10.2. The van der Waals surface area contributed by atoms with Crippen molar-refractivity contribution in [2.75, 3.05) is 0 Å². The number of benzene rings is 1. The molecule has 1 aromatic carbocycles. The molecule has 0 aromatic heterocycles. The highest BCUT2D eigenvalue weighted by Gasteiger charge is 1.92. The Labute approximate surface area is 78.6 Å². The highest BCUT2D eigenvalue weighted by atomic mass is 32.2. The molecule has 0 unspecified atom stereocenters. The second kappa shape index (κ2) is 6.14. The standard InChI is InChI=1S/C8H8O.CH2O2S/c1-7(9)8-5-3-2-4-6-8;1-4(2)3/h2-6H,1H3;1H2. The third-order valence-electron chi connectivity index (χ3n) is 1.18. The number of hydrogen-bond acceptors (Lipinski definition) is 3. The van der Waals surface area contributed by atoms with Crippen LogP contribution >= 0.6 is 0 Å². The minimum Gasteiger partial charge on any atom is -0.295 e. The van der Waals surface area contributed by atoms with E-state index in [1.807, 2.05) is 30.3 Å². The maximum absolute atomic E-state index is 10.6. The van der Waals surface area contributed by atoms with Crippen molar-refractivity contribution >= 4 is 21.9 Å². The average molecular weight is 198 g/mol. The Bertz CT molecular complexity index is 357. The fraction of sp³-hybridized carbons (Fsp3) is 0.111. The lowest BCUT2D eigenvalue weighted by Crippen LogP contribution is -1.88. The van der Waals surface area contributed by atoms with E-state index in [-0.39, 0.29) is 5.78 Å². The van der Waals surface area contributed by atoms with Gasteiger partial charge < -0.3 is 0 Å². The highest BCUT2D eigenvalue weighted by Crippen LogP contribution is 1.97. The van der Waals surface area contributed by atoms with Gasteiger partial charge in [0, 0.05) is 11.4 Å². The van der Waals surface area contributed by atoms with Gasteiger partial charge in [0.2, 0.25) is 10.3 Å². The van der Waals surface area contributed by atoms with Crippen LogP contribution in [0.5, 0.6) is 0 Å². The fourth-order valence-corrected chi connectivity index (χ4v) is 0.673. The fourth-order valence-electron chi connectivity index (χ4n) is 0.673. The number of ketones is 1. The Kier molecular flexibility index (Phi) is 5.47. The van der Waals surface area contributed by atoms with Crippen LogP contribution in [0.1, 0.15) is 17.3 Å². The summed E-state index contributed by atoms with van der Waals surface area (Å²) in [6.45, 7) is 1.56. The predicted molar refractivity (Wildman–Crippen MR) is 52.5 cm³/mol. The second-order valence-corrected chi connectivity index (χ2v) is 2.83. The Morgan fingerprint density at radius 2 is 1.62 bits per heavy atom. The zero-order valence-corrected chi connectivity index (χ0v) is 8.04. The van der Waals surface area contributed by atoms with E-state index in [0.717, 1.165) is 5.56 Å². The zero-order valence-electron chi connectivity index (χ0n) is 7.23. The summed E-state index contributed by atoms with van der Waals surface area (Å²) in [5.74, 6) is 2.68. The van der Waals surface area contributed by atoms with Crippen LogP contribution in [0.2, 0.25) is 0 Å². The molecule has 0 aliphatic rings. The molecule has 0 saturated heterocycles. The summed E-state index contributed by atoms with van der Waals surface area (Å²) in [5.41, 5.74) is 0.775. The molecule has 3 nitrogen and oxygen atoms in total. The maximum Gasteiger partial charge on any atom is 0.206 e. The van der Waals surface area contributed by atoms with E-state index < -0.39 is 10.3 Å². The normalized spacial score (nSPS) is 8.08. The number of rotatable bonds is 1. The van der Waals surface area contributed by atoms with Crippen molar-refractivity contribution in [3.8, 4) is 0 Å². The van der Waals surface area contributed by atoms with Gasteiger partial charge in [-0.25, -0.2) is 0 Å². The van der Waals surface area contributed by atoms with Gasteiger partial charge in [-0.15, -0.1) is 0 Å². The quantitative estimate of drug-likeness (QED) is 0.503. The highest BCUT2D eigenvalue weighted by molar-refractivity contribution is 7.70. The van der Waals surface area contributed by atoms with Crippen molar-refractivity contribution in [2.45, 2.75) is 6.92 Å². The third-order valence-corrected chi connectivity index (χ3v) is 1.18. The molecule has 0 N–H and O–H groups in total. The molecule has 13 heavy (non-hydrogen) atoms. The first-order valence-electron chi connectivity index (χ1n) is 3.49. The van der Waals surface area contributed by atoms with Crippen molar-refractivity contribution < 1.29 is 13.2 Å². The first kappa shape index (κ1) is 11.6. The largest absolute Gasteiger partial charge is 0.295 e. The average Bonchev–Trinajstić information content (AvgIpc) is 2.05. The van der Waals surface area contributed by atoms with E-state index in [0.29, 0.717) is 0 Å². The summed E-state index contributed by atoms with van der Waals surface area (Å²) in [6.07, 6.45) is 0. The van der Waals surface area contributed by atoms with Gasteiger partial charge >= 0.3 is 0 Å². The van der Waals surface area contributed by atoms with E-state index in [2.05, 4.69) is 5.87 Å². The van der Waals surface area contributed by atoms with Crippen molar-refractivity contribution in [1.82, 2.24) is 0 Å². The van der Waals surface area contributed by atoms with Crippen molar-refractivity contribution in [3.05, 3.63) is 35.9 Å². The molecule has 70 valence electrons. The Morgan fingerprint density at radius 1 is 1.23 bits per heavy atom. The van der Waals surface area contributed by atoms with E-state index in [1.165, 1.54) is 0 Å². The first-order valence-corrected chi connectivity index (χ1v) is 4.73. The Balaban J connectivity index is 0.000000310. The summed E-state index contributed by atoms with van der Waals surface area (Å²) in [5, 5.41) is 0. The molecular weight excluding hydrogens is 188 g/mol. The molecule has 1 aromatic rings. The van der Waals surface area contributed by atoms with Crippen LogP contribution in [0.3, 0.4) is 0 Å². The molecule has 0 atom stereocenters. The van der Waals surface area contributed by atoms with Crippen LogP contribution < -0.4 is 0 Å².